The van der Waals surface area contributed by atoms with Crippen molar-refractivity contribution in [1.29, 1.82) is 0 Å². The Morgan fingerprint density at radius 2 is 1.34 bits per heavy atom. The fourth-order valence-corrected chi connectivity index (χ4v) is 5.32. The Morgan fingerprint density at radius 1 is 0.686 bits per heavy atom. The summed E-state index contributed by atoms with van der Waals surface area (Å²) in [6, 6.07) is 27.8. The molecule has 168 valence electrons. The normalized spacial score (nSPS) is 11.8. The van der Waals surface area contributed by atoms with Crippen molar-refractivity contribution in [2.45, 2.75) is 13.8 Å². The van der Waals surface area contributed by atoms with Crippen LogP contribution in [0.25, 0.3) is 72.6 Å². The van der Waals surface area contributed by atoms with Crippen molar-refractivity contribution < 1.29 is 8.83 Å². The van der Waals surface area contributed by atoms with Gasteiger partial charge in [0.25, 0.3) is 0 Å². The highest BCUT2D eigenvalue weighted by molar-refractivity contribution is 6.13. The first kappa shape index (κ1) is 19.9. The van der Waals surface area contributed by atoms with Crippen LogP contribution in [0.2, 0.25) is 0 Å². The molecular weight excluding hydrogens is 430 g/mol. The second-order valence-corrected chi connectivity index (χ2v) is 9.30. The lowest BCUT2D eigenvalue weighted by atomic mass is 10.0. The van der Waals surface area contributed by atoms with Crippen LogP contribution in [0.15, 0.2) is 99.8 Å². The molecule has 3 heteroatoms. The molecule has 0 unspecified atom stereocenters. The van der Waals surface area contributed by atoms with Crippen LogP contribution in [0.4, 0.5) is 0 Å². The van der Waals surface area contributed by atoms with Gasteiger partial charge >= 0.3 is 0 Å². The second kappa shape index (κ2) is 7.25. The number of allylic oxidation sites excluding steroid dienone is 1. The summed E-state index contributed by atoms with van der Waals surface area (Å²) in [4.78, 5) is 0. The smallest absolute Gasteiger partial charge is 0.139 e. The van der Waals surface area contributed by atoms with Crippen molar-refractivity contribution in [2.24, 2.45) is 0 Å². The lowest BCUT2D eigenvalue weighted by Crippen LogP contribution is -1.93. The summed E-state index contributed by atoms with van der Waals surface area (Å²) in [6.45, 7) is 8.13. The molecule has 0 bridgehead atoms. The molecule has 0 N–H and O–H groups in total. The van der Waals surface area contributed by atoms with Gasteiger partial charge in [-0.05, 0) is 56.3 Å². The number of rotatable bonds is 3. The molecule has 3 nitrogen and oxygen atoms in total. The van der Waals surface area contributed by atoms with Gasteiger partial charge in [-0.15, -0.1) is 0 Å². The van der Waals surface area contributed by atoms with E-state index in [1.807, 2.05) is 6.07 Å². The first-order chi connectivity index (χ1) is 17.1. The van der Waals surface area contributed by atoms with Crippen LogP contribution < -0.4 is 0 Å². The van der Waals surface area contributed by atoms with Gasteiger partial charge in [0.1, 0.15) is 22.5 Å². The summed E-state index contributed by atoms with van der Waals surface area (Å²) in [6.07, 6.45) is 3.93. The Balaban J connectivity index is 1.54. The number of nitrogens with zero attached hydrogens (tertiary/aromatic N) is 1. The summed E-state index contributed by atoms with van der Waals surface area (Å²) in [5.74, 6) is 0.782. The van der Waals surface area contributed by atoms with Gasteiger partial charge in [0.15, 0.2) is 0 Å². The van der Waals surface area contributed by atoms with Gasteiger partial charge in [-0.25, -0.2) is 0 Å². The molecule has 0 atom stereocenters. The molecule has 0 saturated heterocycles. The quantitative estimate of drug-likeness (QED) is 0.267. The third-order valence-corrected chi connectivity index (χ3v) is 6.79. The van der Waals surface area contributed by atoms with Crippen LogP contribution in [-0.4, -0.2) is 4.57 Å². The Labute approximate surface area is 202 Å². The molecule has 7 rings (SSSR count). The summed E-state index contributed by atoms with van der Waals surface area (Å²) in [5, 5.41) is 5.74. The topological polar surface area (TPSA) is 31.2 Å². The zero-order valence-corrected chi connectivity index (χ0v) is 19.6. The molecular formula is C32H23NO2. The third kappa shape index (κ3) is 2.85. The molecule has 0 spiro atoms. The predicted molar refractivity (Wildman–Crippen MR) is 147 cm³/mol. The minimum Gasteiger partial charge on any atom is -0.456 e. The van der Waals surface area contributed by atoms with E-state index in [2.05, 4.69) is 104 Å². The standard InChI is InChI=1S/C32H23NO2/c1-4-29-23(15-19(2)3)25-17-26-24-16-20(13-14-30(24)35-32(26)18-31(25)34-29)33-27-11-7-5-9-21(27)22-10-6-8-12-28(22)33/h4-18H,1H2,2-3H3. The van der Waals surface area contributed by atoms with Crippen LogP contribution in [-0.2, 0) is 0 Å². The fraction of sp³-hybridized carbons (Fsp3) is 0.0625. The maximum absolute atomic E-state index is 6.26. The molecule has 3 aromatic heterocycles. The summed E-state index contributed by atoms with van der Waals surface area (Å²) < 4.78 is 14.7. The second-order valence-electron chi connectivity index (χ2n) is 9.30. The van der Waals surface area contributed by atoms with E-state index in [-0.39, 0.29) is 0 Å². The fourth-order valence-electron chi connectivity index (χ4n) is 5.32. The summed E-state index contributed by atoms with van der Waals surface area (Å²) in [7, 11) is 0. The van der Waals surface area contributed by atoms with Crippen molar-refractivity contribution in [3.63, 3.8) is 0 Å². The Kier molecular flexibility index (Phi) is 4.13. The van der Waals surface area contributed by atoms with E-state index in [9.17, 15) is 0 Å². The monoisotopic (exact) mass is 453 g/mol. The number of benzene rings is 4. The van der Waals surface area contributed by atoms with E-state index >= 15 is 0 Å². The SMILES string of the molecule is C=Cc1oc2cc3oc4ccc(-n5c6ccccc6c6ccccc65)cc4c3cc2c1C=C(C)C. The molecule has 4 aromatic carbocycles. The highest BCUT2D eigenvalue weighted by atomic mass is 16.3. The van der Waals surface area contributed by atoms with Gasteiger partial charge in [0.05, 0.1) is 11.0 Å². The van der Waals surface area contributed by atoms with E-state index < -0.39 is 0 Å². The summed E-state index contributed by atoms with van der Waals surface area (Å²) >= 11 is 0. The van der Waals surface area contributed by atoms with Crippen molar-refractivity contribution >= 4 is 66.9 Å². The highest BCUT2D eigenvalue weighted by Gasteiger charge is 2.17. The molecule has 0 radical (unpaired) electrons. The van der Waals surface area contributed by atoms with Crippen molar-refractivity contribution in [3.8, 4) is 5.69 Å². The van der Waals surface area contributed by atoms with Crippen LogP contribution in [0.3, 0.4) is 0 Å². The summed E-state index contributed by atoms with van der Waals surface area (Å²) in [5.41, 5.74) is 8.26. The van der Waals surface area contributed by atoms with Gasteiger partial charge in [-0.1, -0.05) is 54.6 Å². The van der Waals surface area contributed by atoms with Crippen LogP contribution >= 0.6 is 0 Å². The van der Waals surface area contributed by atoms with Crippen molar-refractivity contribution in [2.75, 3.05) is 0 Å². The van der Waals surface area contributed by atoms with E-state index in [4.69, 9.17) is 8.83 Å². The van der Waals surface area contributed by atoms with Crippen LogP contribution in [0, 0.1) is 0 Å². The average molecular weight is 454 g/mol. The highest BCUT2D eigenvalue weighted by Crippen LogP contribution is 2.39. The molecule has 0 aliphatic heterocycles. The van der Waals surface area contributed by atoms with E-state index in [1.54, 1.807) is 6.08 Å². The molecule has 0 aliphatic carbocycles. The van der Waals surface area contributed by atoms with Crippen LogP contribution in [0.5, 0.6) is 0 Å². The van der Waals surface area contributed by atoms with E-state index in [1.165, 1.54) is 27.4 Å². The maximum Gasteiger partial charge on any atom is 0.139 e. The first-order valence-corrected chi connectivity index (χ1v) is 11.8. The number of furan rings is 2. The molecule has 0 aliphatic rings. The van der Waals surface area contributed by atoms with Gasteiger partial charge in [-0.2, -0.15) is 0 Å². The zero-order chi connectivity index (χ0) is 23.7. The van der Waals surface area contributed by atoms with Gasteiger partial charge in [0, 0.05) is 44.2 Å². The Morgan fingerprint density at radius 3 is 2.03 bits per heavy atom. The van der Waals surface area contributed by atoms with E-state index in [0.29, 0.717) is 0 Å². The lowest BCUT2D eigenvalue weighted by molar-refractivity contribution is 0.602. The molecule has 0 fully saturated rings. The molecule has 0 amide bonds. The number of para-hydroxylation sites is 2. The molecule has 3 heterocycles. The van der Waals surface area contributed by atoms with Crippen molar-refractivity contribution in [3.05, 3.63) is 102 Å². The molecule has 35 heavy (non-hydrogen) atoms. The van der Waals surface area contributed by atoms with Gasteiger partial charge in [0.2, 0.25) is 0 Å². The zero-order valence-electron chi connectivity index (χ0n) is 19.6. The minimum absolute atomic E-state index is 0.782. The Hall–Kier alpha value is -4.50. The van der Waals surface area contributed by atoms with Crippen molar-refractivity contribution in [1.82, 2.24) is 4.57 Å². The largest absolute Gasteiger partial charge is 0.456 e. The predicted octanol–water partition coefficient (Wildman–Crippen LogP) is 9.50. The Bertz CT molecular complexity index is 1930. The van der Waals surface area contributed by atoms with Crippen LogP contribution in [0.1, 0.15) is 25.2 Å². The van der Waals surface area contributed by atoms with Gasteiger partial charge < -0.3 is 13.4 Å². The number of fused-ring (bicyclic) bond motifs is 7. The number of aromatic nitrogens is 1. The first-order valence-electron chi connectivity index (χ1n) is 11.8. The molecule has 7 aromatic rings. The van der Waals surface area contributed by atoms with Gasteiger partial charge in [-0.3, -0.25) is 0 Å². The number of hydrogen-bond donors (Lipinski definition) is 0. The minimum atomic E-state index is 0.782. The maximum atomic E-state index is 6.26. The van der Waals surface area contributed by atoms with E-state index in [0.717, 1.165) is 49.9 Å². The third-order valence-electron chi connectivity index (χ3n) is 6.79. The lowest BCUT2D eigenvalue weighted by Gasteiger charge is -2.08. The number of hydrogen-bond acceptors (Lipinski definition) is 2. The molecule has 0 saturated carbocycles. The average Bonchev–Trinajstić information content (AvgIpc) is 3.51.